The molecule has 22 heavy (non-hydrogen) atoms. The van der Waals surface area contributed by atoms with Gasteiger partial charge in [0.25, 0.3) is 0 Å². The lowest BCUT2D eigenvalue weighted by Crippen LogP contribution is -1.96. The number of nitrogens with zero attached hydrogens (tertiary/aromatic N) is 4. The first kappa shape index (κ1) is 14.0. The van der Waals surface area contributed by atoms with Gasteiger partial charge in [-0.3, -0.25) is 4.98 Å². The molecule has 1 aromatic carbocycles. The largest absolute Gasteiger partial charge is 0.504 e. The Kier molecular flexibility index (Phi) is 3.67. The zero-order valence-electron chi connectivity index (χ0n) is 11.2. The van der Waals surface area contributed by atoms with E-state index in [4.69, 9.17) is 12.2 Å². The number of rotatable bonds is 3. The molecule has 0 spiro atoms. The molecule has 0 atom stereocenters. The quantitative estimate of drug-likeness (QED) is 0.391. The summed E-state index contributed by atoms with van der Waals surface area (Å²) in [6.07, 6.45) is 3.15. The van der Waals surface area contributed by atoms with E-state index in [1.54, 1.807) is 24.4 Å². The predicted molar refractivity (Wildman–Crippen MR) is 83.4 cm³/mol. The molecule has 0 aliphatic carbocycles. The second-order valence-corrected chi connectivity index (χ2v) is 4.76. The molecule has 0 amide bonds. The summed E-state index contributed by atoms with van der Waals surface area (Å²) in [4.78, 5) is 4.21. The predicted octanol–water partition coefficient (Wildman–Crippen LogP) is 2.30. The van der Waals surface area contributed by atoms with Crippen molar-refractivity contribution in [3.05, 3.63) is 52.9 Å². The van der Waals surface area contributed by atoms with Crippen LogP contribution in [0.1, 0.15) is 5.56 Å². The fourth-order valence-corrected chi connectivity index (χ4v) is 1.98. The molecule has 7 nitrogen and oxygen atoms in total. The van der Waals surface area contributed by atoms with Gasteiger partial charge in [-0.25, -0.2) is 5.10 Å². The topological polar surface area (TPSA) is 99.3 Å². The Morgan fingerprint density at radius 2 is 2.05 bits per heavy atom. The van der Waals surface area contributed by atoms with Crippen LogP contribution >= 0.6 is 12.2 Å². The molecule has 3 N–H and O–H groups in total. The van der Waals surface area contributed by atoms with Crippen LogP contribution in [0.25, 0.3) is 11.5 Å². The number of aromatic nitrogens is 4. The minimum atomic E-state index is -0.218. The van der Waals surface area contributed by atoms with Crippen LogP contribution in [-0.4, -0.2) is 36.3 Å². The van der Waals surface area contributed by atoms with Crippen LogP contribution in [0.5, 0.6) is 11.5 Å². The van der Waals surface area contributed by atoms with E-state index in [9.17, 15) is 10.2 Å². The first-order valence-electron chi connectivity index (χ1n) is 6.30. The zero-order valence-corrected chi connectivity index (χ0v) is 12.0. The van der Waals surface area contributed by atoms with E-state index in [1.807, 2.05) is 6.07 Å². The Bertz CT molecular complexity index is 886. The van der Waals surface area contributed by atoms with E-state index in [-0.39, 0.29) is 11.5 Å². The number of aromatic amines is 1. The van der Waals surface area contributed by atoms with Crippen molar-refractivity contribution in [2.24, 2.45) is 5.10 Å². The van der Waals surface area contributed by atoms with Crippen LogP contribution < -0.4 is 0 Å². The van der Waals surface area contributed by atoms with Crippen molar-refractivity contribution in [3.63, 3.8) is 0 Å². The zero-order chi connectivity index (χ0) is 15.5. The summed E-state index contributed by atoms with van der Waals surface area (Å²) >= 11 is 5.15. The lowest BCUT2D eigenvalue weighted by molar-refractivity contribution is 0.403. The Hall–Kier alpha value is -3.00. The third kappa shape index (κ3) is 2.72. The van der Waals surface area contributed by atoms with Crippen molar-refractivity contribution < 1.29 is 10.2 Å². The van der Waals surface area contributed by atoms with Crippen LogP contribution in [0, 0.1) is 4.77 Å². The van der Waals surface area contributed by atoms with Gasteiger partial charge < -0.3 is 10.2 Å². The van der Waals surface area contributed by atoms with Gasteiger partial charge in [-0.15, -0.1) is 0 Å². The molecule has 2 heterocycles. The highest BCUT2D eigenvalue weighted by Crippen LogP contribution is 2.24. The second kappa shape index (κ2) is 5.78. The summed E-state index contributed by atoms with van der Waals surface area (Å²) < 4.78 is 1.75. The lowest BCUT2D eigenvalue weighted by atomic mass is 10.2. The molecule has 0 aliphatic heterocycles. The number of nitrogens with one attached hydrogen (secondary N) is 1. The van der Waals surface area contributed by atoms with Crippen molar-refractivity contribution in [1.29, 1.82) is 0 Å². The smallest absolute Gasteiger partial charge is 0.216 e. The molecular weight excluding hydrogens is 302 g/mol. The molecule has 110 valence electrons. The molecule has 2 aromatic heterocycles. The number of pyridine rings is 1. The molecule has 0 saturated heterocycles. The fourth-order valence-electron chi connectivity index (χ4n) is 1.80. The third-order valence-corrected chi connectivity index (χ3v) is 3.13. The maximum atomic E-state index is 9.48. The summed E-state index contributed by atoms with van der Waals surface area (Å²) in [6.45, 7) is 0. The fraction of sp³-hybridized carbons (Fsp3) is 0. The maximum Gasteiger partial charge on any atom is 0.216 e. The van der Waals surface area contributed by atoms with E-state index in [0.29, 0.717) is 21.9 Å². The average Bonchev–Trinajstić information content (AvgIpc) is 2.90. The van der Waals surface area contributed by atoms with Gasteiger partial charge in [0, 0.05) is 6.20 Å². The lowest BCUT2D eigenvalue weighted by Gasteiger charge is -2.00. The Morgan fingerprint density at radius 1 is 1.18 bits per heavy atom. The van der Waals surface area contributed by atoms with Crippen LogP contribution in [0.2, 0.25) is 0 Å². The molecular formula is C14H11N5O2S. The van der Waals surface area contributed by atoms with Gasteiger partial charge in [-0.2, -0.15) is 14.9 Å². The van der Waals surface area contributed by atoms with Crippen LogP contribution in [0.3, 0.4) is 0 Å². The molecule has 0 radical (unpaired) electrons. The number of H-pyrrole nitrogens is 1. The third-order valence-electron chi connectivity index (χ3n) is 2.87. The van der Waals surface area contributed by atoms with Gasteiger partial charge in [0.1, 0.15) is 5.69 Å². The number of phenols is 2. The molecule has 8 heteroatoms. The number of aromatic hydroxyl groups is 2. The molecule has 0 saturated carbocycles. The molecule has 3 aromatic rings. The molecule has 0 unspecified atom stereocenters. The van der Waals surface area contributed by atoms with E-state index < -0.39 is 0 Å². The summed E-state index contributed by atoms with van der Waals surface area (Å²) in [6, 6.07) is 9.82. The minimum Gasteiger partial charge on any atom is -0.504 e. The van der Waals surface area contributed by atoms with Crippen molar-refractivity contribution in [3.8, 4) is 23.0 Å². The Labute approximate surface area is 130 Å². The molecule has 0 aliphatic rings. The average molecular weight is 313 g/mol. The highest BCUT2D eigenvalue weighted by Gasteiger charge is 2.08. The van der Waals surface area contributed by atoms with Gasteiger partial charge in [0.05, 0.1) is 6.21 Å². The highest BCUT2D eigenvalue weighted by molar-refractivity contribution is 7.71. The highest BCUT2D eigenvalue weighted by atomic mass is 32.1. The van der Waals surface area contributed by atoms with Gasteiger partial charge in [-0.05, 0) is 48.1 Å². The number of hydrogen-bond acceptors (Lipinski definition) is 6. The molecule has 0 fully saturated rings. The van der Waals surface area contributed by atoms with E-state index >= 15 is 0 Å². The standard InChI is InChI=1S/C14H11N5O2S/c20-11-5-4-9(7-12(11)21)8-16-19-13(17-18-14(19)22)10-3-1-2-6-15-10/h1-8,20-21H,(H,18,22)/b16-8-. The maximum absolute atomic E-state index is 9.48. The summed E-state index contributed by atoms with van der Waals surface area (Å²) in [5.74, 6) is 0.0702. The van der Waals surface area contributed by atoms with Gasteiger partial charge >= 0.3 is 0 Å². The van der Waals surface area contributed by atoms with Gasteiger partial charge in [0.15, 0.2) is 11.5 Å². The minimum absolute atomic E-state index is 0.189. The van der Waals surface area contributed by atoms with Crippen LogP contribution in [0.4, 0.5) is 0 Å². The second-order valence-electron chi connectivity index (χ2n) is 4.37. The van der Waals surface area contributed by atoms with Crippen LogP contribution in [0.15, 0.2) is 47.7 Å². The normalized spacial score (nSPS) is 11.1. The van der Waals surface area contributed by atoms with E-state index in [0.717, 1.165) is 0 Å². The summed E-state index contributed by atoms with van der Waals surface area (Å²) in [5.41, 5.74) is 1.23. The number of benzene rings is 1. The van der Waals surface area contributed by atoms with Crippen LogP contribution in [-0.2, 0) is 0 Å². The van der Waals surface area contributed by atoms with Crippen molar-refractivity contribution in [2.45, 2.75) is 0 Å². The first-order valence-corrected chi connectivity index (χ1v) is 6.71. The van der Waals surface area contributed by atoms with Crippen molar-refractivity contribution in [1.82, 2.24) is 19.9 Å². The summed E-state index contributed by atoms with van der Waals surface area (Å²) in [7, 11) is 0. The Balaban J connectivity index is 1.99. The van der Waals surface area contributed by atoms with Gasteiger partial charge in [0.2, 0.25) is 10.6 Å². The number of hydrogen-bond donors (Lipinski definition) is 3. The van der Waals surface area contributed by atoms with Crippen molar-refractivity contribution >= 4 is 18.4 Å². The first-order chi connectivity index (χ1) is 10.6. The monoisotopic (exact) mass is 313 g/mol. The van der Waals surface area contributed by atoms with Gasteiger partial charge in [-0.1, -0.05) is 6.07 Å². The van der Waals surface area contributed by atoms with E-state index in [1.165, 1.54) is 23.0 Å². The van der Waals surface area contributed by atoms with E-state index in [2.05, 4.69) is 20.3 Å². The summed E-state index contributed by atoms with van der Waals surface area (Å²) in [5, 5.41) is 29.8. The van der Waals surface area contributed by atoms with Crippen molar-refractivity contribution in [2.75, 3.05) is 0 Å². The Morgan fingerprint density at radius 3 is 2.77 bits per heavy atom. The molecule has 3 rings (SSSR count). The number of phenolic OH excluding ortho intramolecular Hbond substituents is 2. The SMILES string of the molecule is Oc1ccc(/C=N\n2c(-c3ccccn3)n[nH]c2=S)cc1O. The molecule has 0 bridgehead atoms.